The Labute approximate surface area is 131 Å². The van der Waals surface area contributed by atoms with E-state index < -0.39 is 0 Å². The van der Waals surface area contributed by atoms with Crippen LogP contribution in [-0.2, 0) is 0 Å². The van der Waals surface area contributed by atoms with Crippen LogP contribution in [0.3, 0.4) is 0 Å². The molecule has 0 saturated heterocycles. The predicted octanol–water partition coefficient (Wildman–Crippen LogP) is 4.46. The summed E-state index contributed by atoms with van der Waals surface area (Å²) in [4.78, 5) is 20.7. The highest BCUT2D eigenvalue weighted by Gasteiger charge is 2.12. The first kappa shape index (κ1) is 14.4. The maximum atomic E-state index is 12.4. The van der Waals surface area contributed by atoms with Gasteiger partial charge in [0.25, 0.3) is 5.56 Å². The number of aryl methyl sites for hydroxylation is 1. The average Bonchev–Trinajstić information content (AvgIpc) is 2.90. The molecule has 5 heteroatoms. The molecule has 0 bridgehead atoms. The molecule has 3 nitrogen and oxygen atoms in total. The first-order valence-electron chi connectivity index (χ1n) is 6.90. The number of hydrogen-bond acceptors (Lipinski definition) is 4. The van der Waals surface area contributed by atoms with Gasteiger partial charge in [0.15, 0.2) is 5.16 Å². The van der Waals surface area contributed by atoms with Gasteiger partial charge in [0.1, 0.15) is 4.83 Å². The van der Waals surface area contributed by atoms with Crippen LogP contribution < -0.4 is 5.56 Å². The average molecular weight is 316 g/mol. The number of rotatable bonds is 4. The number of benzene rings is 1. The molecule has 0 aliphatic rings. The Kier molecular flexibility index (Phi) is 4.12. The van der Waals surface area contributed by atoms with Crippen LogP contribution in [0.5, 0.6) is 0 Å². The zero-order valence-electron chi connectivity index (χ0n) is 12.0. The van der Waals surface area contributed by atoms with Crippen molar-refractivity contribution in [2.24, 2.45) is 0 Å². The number of H-pyrrole nitrogens is 1. The molecule has 0 aliphatic heterocycles. The number of hydrogen-bond donors (Lipinski definition) is 1. The summed E-state index contributed by atoms with van der Waals surface area (Å²) < 4.78 is 0. The summed E-state index contributed by atoms with van der Waals surface area (Å²) in [6, 6.07) is 8.23. The molecular weight excluding hydrogens is 300 g/mol. The molecule has 3 aromatic rings. The molecule has 3 rings (SSSR count). The third-order valence-electron chi connectivity index (χ3n) is 3.23. The van der Waals surface area contributed by atoms with Crippen LogP contribution in [0.2, 0.25) is 0 Å². The van der Waals surface area contributed by atoms with Crippen LogP contribution in [0, 0.1) is 6.92 Å². The van der Waals surface area contributed by atoms with Crippen molar-refractivity contribution in [2.75, 3.05) is 5.75 Å². The second kappa shape index (κ2) is 6.03. The quantitative estimate of drug-likeness (QED) is 0.571. The largest absolute Gasteiger partial charge is 0.301 e. The summed E-state index contributed by atoms with van der Waals surface area (Å²) >= 11 is 3.13. The van der Waals surface area contributed by atoms with Crippen LogP contribution in [0.4, 0.5) is 0 Å². The smallest absolute Gasteiger partial charge is 0.260 e. The molecule has 1 aromatic carbocycles. The Morgan fingerprint density at radius 2 is 2.05 bits per heavy atom. The molecule has 108 valence electrons. The summed E-state index contributed by atoms with van der Waals surface area (Å²) in [6.45, 7) is 4.17. The molecule has 0 spiro atoms. The van der Waals surface area contributed by atoms with Crippen LogP contribution in [0.15, 0.2) is 39.6 Å². The second-order valence-electron chi connectivity index (χ2n) is 4.92. The number of nitrogens with one attached hydrogen (secondary N) is 1. The van der Waals surface area contributed by atoms with Crippen LogP contribution in [-0.4, -0.2) is 15.7 Å². The van der Waals surface area contributed by atoms with Crippen LogP contribution in [0.25, 0.3) is 21.3 Å². The van der Waals surface area contributed by atoms with E-state index in [1.165, 1.54) is 16.9 Å². The standard InChI is InChI=1S/C16H16N2OS2/c1-3-8-20-16-17-14(19)13-12(9-21-15(13)18-16)11-6-4-10(2)5-7-11/h4-7,9H,3,8H2,1-2H3,(H,17,18,19). The number of fused-ring (bicyclic) bond motifs is 1. The first-order chi connectivity index (χ1) is 10.2. The summed E-state index contributed by atoms with van der Waals surface area (Å²) in [5.74, 6) is 0.963. The molecule has 21 heavy (non-hydrogen) atoms. The molecule has 0 aliphatic carbocycles. The van der Waals surface area contributed by atoms with Gasteiger partial charge in [0.05, 0.1) is 5.39 Å². The van der Waals surface area contributed by atoms with Crippen molar-refractivity contribution in [1.29, 1.82) is 0 Å². The minimum absolute atomic E-state index is 0.0459. The zero-order valence-corrected chi connectivity index (χ0v) is 13.6. The summed E-state index contributed by atoms with van der Waals surface area (Å²) in [5, 5.41) is 3.43. The van der Waals surface area contributed by atoms with Crippen LogP contribution in [0.1, 0.15) is 18.9 Å². The van der Waals surface area contributed by atoms with Gasteiger partial charge in [0, 0.05) is 16.7 Å². The SMILES string of the molecule is CCCSc1nc2scc(-c3ccc(C)cc3)c2c(=O)[nH]1. The first-order valence-corrected chi connectivity index (χ1v) is 8.77. The minimum Gasteiger partial charge on any atom is -0.301 e. The minimum atomic E-state index is -0.0459. The Balaban J connectivity index is 2.10. The van der Waals surface area contributed by atoms with E-state index in [4.69, 9.17) is 0 Å². The maximum Gasteiger partial charge on any atom is 0.260 e. The van der Waals surface area contributed by atoms with Crippen LogP contribution >= 0.6 is 23.1 Å². The van der Waals surface area contributed by atoms with Gasteiger partial charge in [0.2, 0.25) is 0 Å². The number of thiophene rings is 1. The lowest BCUT2D eigenvalue weighted by Gasteiger charge is -2.02. The van der Waals surface area contributed by atoms with Gasteiger partial charge in [-0.05, 0) is 18.9 Å². The van der Waals surface area contributed by atoms with E-state index in [0.29, 0.717) is 10.5 Å². The van der Waals surface area contributed by atoms with Crippen molar-refractivity contribution < 1.29 is 0 Å². The monoisotopic (exact) mass is 316 g/mol. The van der Waals surface area contributed by atoms with E-state index in [-0.39, 0.29) is 5.56 Å². The Morgan fingerprint density at radius 3 is 2.76 bits per heavy atom. The molecular formula is C16H16N2OS2. The number of thioether (sulfide) groups is 1. The van der Waals surface area contributed by atoms with E-state index >= 15 is 0 Å². The molecule has 0 radical (unpaired) electrons. The van der Waals surface area contributed by atoms with Crippen molar-refractivity contribution >= 4 is 33.3 Å². The van der Waals surface area contributed by atoms with Crippen molar-refractivity contribution in [3.8, 4) is 11.1 Å². The second-order valence-corrected chi connectivity index (χ2v) is 6.86. The van der Waals surface area contributed by atoms with Crippen molar-refractivity contribution in [2.45, 2.75) is 25.4 Å². The van der Waals surface area contributed by atoms with Gasteiger partial charge in [-0.1, -0.05) is 48.5 Å². The third kappa shape index (κ3) is 2.89. The van der Waals surface area contributed by atoms with E-state index in [1.54, 1.807) is 11.8 Å². The van der Waals surface area contributed by atoms with E-state index in [0.717, 1.165) is 28.1 Å². The number of aromatic nitrogens is 2. The molecule has 0 amide bonds. The third-order valence-corrected chi connectivity index (χ3v) is 5.18. The Morgan fingerprint density at radius 1 is 1.29 bits per heavy atom. The zero-order chi connectivity index (χ0) is 14.8. The molecule has 0 fully saturated rings. The molecule has 0 saturated carbocycles. The molecule has 2 aromatic heterocycles. The fraction of sp³-hybridized carbons (Fsp3) is 0.250. The van der Waals surface area contributed by atoms with Gasteiger partial charge in [-0.15, -0.1) is 11.3 Å². The molecule has 1 N–H and O–H groups in total. The Hall–Kier alpha value is -1.59. The van der Waals surface area contributed by atoms with Gasteiger partial charge >= 0.3 is 0 Å². The van der Waals surface area contributed by atoms with Gasteiger partial charge in [-0.2, -0.15) is 0 Å². The summed E-state index contributed by atoms with van der Waals surface area (Å²) in [6.07, 6.45) is 1.06. The van der Waals surface area contributed by atoms with E-state index in [1.807, 2.05) is 5.38 Å². The topological polar surface area (TPSA) is 45.8 Å². The lowest BCUT2D eigenvalue weighted by molar-refractivity contribution is 0.974. The lowest BCUT2D eigenvalue weighted by atomic mass is 10.1. The Bertz CT molecular complexity index is 818. The van der Waals surface area contributed by atoms with Gasteiger partial charge < -0.3 is 4.98 Å². The number of nitrogens with zero attached hydrogens (tertiary/aromatic N) is 1. The van der Waals surface area contributed by atoms with Crippen molar-refractivity contribution in [3.05, 3.63) is 45.6 Å². The molecule has 0 unspecified atom stereocenters. The highest BCUT2D eigenvalue weighted by molar-refractivity contribution is 7.99. The van der Waals surface area contributed by atoms with E-state index in [9.17, 15) is 4.79 Å². The number of aromatic amines is 1. The van der Waals surface area contributed by atoms with Gasteiger partial charge in [-0.3, -0.25) is 4.79 Å². The summed E-state index contributed by atoms with van der Waals surface area (Å²) in [5.41, 5.74) is 3.20. The predicted molar refractivity (Wildman–Crippen MR) is 91.4 cm³/mol. The van der Waals surface area contributed by atoms with Crippen molar-refractivity contribution in [3.63, 3.8) is 0 Å². The molecule has 0 atom stereocenters. The van der Waals surface area contributed by atoms with Crippen molar-refractivity contribution in [1.82, 2.24) is 9.97 Å². The summed E-state index contributed by atoms with van der Waals surface area (Å²) in [7, 11) is 0. The maximum absolute atomic E-state index is 12.4. The van der Waals surface area contributed by atoms with E-state index in [2.05, 4.69) is 48.1 Å². The van der Waals surface area contributed by atoms with Gasteiger partial charge in [-0.25, -0.2) is 4.98 Å². The highest BCUT2D eigenvalue weighted by Crippen LogP contribution is 2.31. The highest BCUT2D eigenvalue weighted by atomic mass is 32.2. The fourth-order valence-corrected chi connectivity index (χ4v) is 3.87. The normalized spacial score (nSPS) is 11.1. The lowest BCUT2D eigenvalue weighted by Crippen LogP contribution is -2.08. The fourth-order valence-electron chi connectivity index (χ4n) is 2.14. The molecule has 2 heterocycles.